The first-order chi connectivity index (χ1) is 11.4. The predicted molar refractivity (Wildman–Crippen MR) is 93.7 cm³/mol. The summed E-state index contributed by atoms with van der Waals surface area (Å²) >= 11 is 1.43. The minimum atomic E-state index is -0.415. The summed E-state index contributed by atoms with van der Waals surface area (Å²) in [4.78, 5) is 33.4. The van der Waals surface area contributed by atoms with E-state index in [1.165, 1.54) is 11.3 Å². The highest BCUT2D eigenvalue weighted by Crippen LogP contribution is 2.28. The summed E-state index contributed by atoms with van der Waals surface area (Å²) in [6.07, 6.45) is 2.84. The number of amides is 2. The van der Waals surface area contributed by atoms with Crippen molar-refractivity contribution in [3.8, 4) is 0 Å². The van der Waals surface area contributed by atoms with Crippen LogP contribution in [0.5, 0.6) is 0 Å². The molecule has 132 valence electrons. The number of fused-ring (bicyclic) bond motifs is 1. The molecule has 0 aliphatic carbocycles. The van der Waals surface area contributed by atoms with E-state index >= 15 is 0 Å². The van der Waals surface area contributed by atoms with Crippen molar-refractivity contribution in [1.82, 2.24) is 14.8 Å². The summed E-state index contributed by atoms with van der Waals surface area (Å²) < 4.78 is 0. The summed E-state index contributed by atoms with van der Waals surface area (Å²) in [5.74, 6) is 0.391. The van der Waals surface area contributed by atoms with Crippen molar-refractivity contribution in [2.45, 2.75) is 58.2 Å². The highest BCUT2D eigenvalue weighted by atomic mass is 32.1. The largest absolute Gasteiger partial charge is 0.336 e. The molecule has 6 nitrogen and oxygen atoms in total. The summed E-state index contributed by atoms with van der Waals surface area (Å²) in [6.45, 7) is 7.48. The summed E-state index contributed by atoms with van der Waals surface area (Å²) in [7, 11) is 0. The van der Waals surface area contributed by atoms with E-state index in [9.17, 15) is 9.59 Å². The van der Waals surface area contributed by atoms with Gasteiger partial charge in [-0.15, -0.1) is 11.3 Å². The molecule has 1 aromatic heterocycles. The van der Waals surface area contributed by atoms with Gasteiger partial charge < -0.3 is 15.5 Å². The predicted octanol–water partition coefficient (Wildman–Crippen LogP) is 2.02. The van der Waals surface area contributed by atoms with Gasteiger partial charge in [-0.05, 0) is 32.1 Å². The Balaban J connectivity index is 1.74. The molecule has 0 bridgehead atoms. The lowest BCUT2D eigenvalue weighted by Gasteiger charge is -2.41. The Morgan fingerprint density at radius 3 is 2.96 bits per heavy atom. The van der Waals surface area contributed by atoms with Crippen molar-refractivity contribution in [1.29, 1.82) is 0 Å². The quantitative estimate of drug-likeness (QED) is 0.901. The van der Waals surface area contributed by atoms with Crippen LogP contribution in [0.1, 0.15) is 61.6 Å². The highest BCUT2D eigenvalue weighted by Gasteiger charge is 2.42. The normalized spacial score (nSPS) is 25.3. The van der Waals surface area contributed by atoms with E-state index in [-0.39, 0.29) is 23.9 Å². The Hall–Kier alpha value is -1.47. The number of aromatic nitrogens is 1. The van der Waals surface area contributed by atoms with Crippen LogP contribution >= 0.6 is 11.3 Å². The second kappa shape index (κ2) is 6.80. The smallest absolute Gasteiger partial charge is 0.274 e. The van der Waals surface area contributed by atoms with E-state index in [1.807, 2.05) is 11.8 Å². The first-order valence-electron chi connectivity index (χ1n) is 8.71. The minimum Gasteiger partial charge on any atom is -0.336 e. The van der Waals surface area contributed by atoms with E-state index in [4.69, 9.17) is 5.73 Å². The average Bonchev–Trinajstić information content (AvgIpc) is 3.18. The maximum absolute atomic E-state index is 12.9. The molecule has 24 heavy (non-hydrogen) atoms. The molecule has 2 aliphatic heterocycles. The zero-order chi connectivity index (χ0) is 17.4. The molecule has 2 fully saturated rings. The van der Waals surface area contributed by atoms with Crippen LogP contribution in [0.25, 0.3) is 0 Å². The fraction of sp³-hybridized carbons (Fsp3) is 0.706. The number of nitrogens with zero attached hydrogens (tertiary/aromatic N) is 3. The molecule has 0 unspecified atom stereocenters. The summed E-state index contributed by atoms with van der Waals surface area (Å²) in [5, 5.41) is 2.57. The maximum Gasteiger partial charge on any atom is 0.274 e. The molecule has 0 aromatic carbocycles. The van der Waals surface area contributed by atoms with E-state index in [0.29, 0.717) is 18.2 Å². The van der Waals surface area contributed by atoms with Gasteiger partial charge in [0.1, 0.15) is 16.7 Å². The Bertz CT molecular complexity index is 630. The van der Waals surface area contributed by atoms with Gasteiger partial charge in [-0.25, -0.2) is 4.98 Å². The minimum absolute atomic E-state index is 0.0593. The van der Waals surface area contributed by atoms with Crippen molar-refractivity contribution in [2.75, 3.05) is 13.1 Å². The van der Waals surface area contributed by atoms with Crippen LogP contribution in [0.2, 0.25) is 0 Å². The third-order valence-corrected chi connectivity index (χ3v) is 5.91. The summed E-state index contributed by atoms with van der Waals surface area (Å²) in [6, 6.07) is -0.387. The molecular weight excluding hydrogens is 324 g/mol. The number of piperazine rings is 1. The van der Waals surface area contributed by atoms with Gasteiger partial charge in [0, 0.05) is 24.5 Å². The van der Waals surface area contributed by atoms with Gasteiger partial charge in [0.15, 0.2) is 0 Å². The van der Waals surface area contributed by atoms with Crippen LogP contribution < -0.4 is 5.73 Å². The third-order valence-electron chi connectivity index (χ3n) is 4.94. The molecule has 7 heteroatoms. The van der Waals surface area contributed by atoms with Crippen LogP contribution in [-0.4, -0.2) is 51.8 Å². The van der Waals surface area contributed by atoms with Crippen LogP contribution in [0.4, 0.5) is 0 Å². The van der Waals surface area contributed by atoms with Crippen LogP contribution in [-0.2, 0) is 4.79 Å². The van der Waals surface area contributed by atoms with E-state index in [0.717, 1.165) is 30.8 Å². The molecule has 2 amide bonds. The lowest BCUT2D eigenvalue weighted by Crippen LogP contribution is -2.60. The number of thiazole rings is 1. The van der Waals surface area contributed by atoms with Gasteiger partial charge in [0.05, 0.1) is 6.04 Å². The second-order valence-corrected chi connectivity index (χ2v) is 8.16. The Labute approximate surface area is 147 Å². The summed E-state index contributed by atoms with van der Waals surface area (Å²) in [5.41, 5.74) is 6.59. The van der Waals surface area contributed by atoms with Gasteiger partial charge in [-0.2, -0.15) is 0 Å². The SMILES string of the molecule is CC(C)C[C@H](N)c1nc(C(=O)N2C[C@H]3CCCN3C(=O)[C@@H]2C)cs1. The standard InChI is InChI=1S/C17H26N4O2S/c1-10(2)7-13(18)15-19-14(9-24-15)17(23)21-8-12-5-4-6-20(12)16(22)11(21)3/h9-13H,4-8,18H2,1-3H3/t11-,12+,13-/m0/s1. The molecular formula is C17H26N4O2S. The van der Waals surface area contributed by atoms with Crippen molar-refractivity contribution in [2.24, 2.45) is 11.7 Å². The van der Waals surface area contributed by atoms with Gasteiger partial charge in [-0.1, -0.05) is 13.8 Å². The number of hydrogen-bond acceptors (Lipinski definition) is 5. The van der Waals surface area contributed by atoms with Crippen molar-refractivity contribution in [3.05, 3.63) is 16.1 Å². The Morgan fingerprint density at radius 2 is 2.25 bits per heavy atom. The van der Waals surface area contributed by atoms with Gasteiger partial charge in [0.2, 0.25) is 5.91 Å². The lowest BCUT2D eigenvalue weighted by molar-refractivity contribution is -0.141. The number of nitrogens with two attached hydrogens (primary N) is 1. The molecule has 0 radical (unpaired) electrons. The van der Waals surface area contributed by atoms with Crippen molar-refractivity contribution >= 4 is 23.2 Å². The topological polar surface area (TPSA) is 79.5 Å². The van der Waals surface area contributed by atoms with Gasteiger partial charge in [-0.3, -0.25) is 9.59 Å². The fourth-order valence-electron chi connectivity index (χ4n) is 3.64. The first kappa shape index (κ1) is 17.4. The zero-order valence-electron chi connectivity index (χ0n) is 14.6. The van der Waals surface area contributed by atoms with Crippen molar-refractivity contribution < 1.29 is 9.59 Å². The first-order valence-corrected chi connectivity index (χ1v) is 9.59. The van der Waals surface area contributed by atoms with Crippen LogP contribution in [0, 0.1) is 5.92 Å². The third kappa shape index (κ3) is 3.19. The Morgan fingerprint density at radius 1 is 1.50 bits per heavy atom. The number of carbonyl (C=O) groups excluding carboxylic acids is 2. The molecule has 0 saturated carbocycles. The second-order valence-electron chi connectivity index (χ2n) is 7.27. The molecule has 1 aromatic rings. The molecule has 0 spiro atoms. The number of carbonyl (C=O) groups is 2. The monoisotopic (exact) mass is 350 g/mol. The van der Waals surface area contributed by atoms with Gasteiger partial charge >= 0.3 is 0 Å². The van der Waals surface area contributed by atoms with E-state index in [2.05, 4.69) is 18.8 Å². The molecule has 2 N–H and O–H groups in total. The molecule has 2 aliphatic rings. The lowest BCUT2D eigenvalue weighted by atomic mass is 10.1. The van der Waals surface area contributed by atoms with E-state index < -0.39 is 6.04 Å². The Kier molecular flexibility index (Phi) is 4.92. The maximum atomic E-state index is 12.9. The molecule has 3 atom stereocenters. The number of rotatable bonds is 4. The molecule has 3 heterocycles. The zero-order valence-corrected chi connectivity index (χ0v) is 15.4. The molecule has 2 saturated heterocycles. The molecule has 3 rings (SSSR count). The van der Waals surface area contributed by atoms with Crippen LogP contribution in [0.3, 0.4) is 0 Å². The average molecular weight is 350 g/mol. The number of hydrogen-bond donors (Lipinski definition) is 1. The van der Waals surface area contributed by atoms with Gasteiger partial charge in [0.25, 0.3) is 5.91 Å². The van der Waals surface area contributed by atoms with E-state index in [1.54, 1.807) is 10.3 Å². The highest BCUT2D eigenvalue weighted by molar-refractivity contribution is 7.09. The van der Waals surface area contributed by atoms with Crippen molar-refractivity contribution in [3.63, 3.8) is 0 Å². The fourth-order valence-corrected chi connectivity index (χ4v) is 4.45. The van der Waals surface area contributed by atoms with Crippen LogP contribution in [0.15, 0.2) is 5.38 Å².